The van der Waals surface area contributed by atoms with Crippen LogP contribution >= 0.6 is 11.6 Å². The summed E-state index contributed by atoms with van der Waals surface area (Å²) in [6, 6.07) is 7.42. The fourth-order valence-corrected chi connectivity index (χ4v) is 3.37. The molecule has 0 N–H and O–H groups in total. The van der Waals surface area contributed by atoms with Crippen molar-refractivity contribution in [2.24, 2.45) is 0 Å². The number of piperidine rings is 1. The van der Waals surface area contributed by atoms with Gasteiger partial charge in [0.1, 0.15) is 11.9 Å². The number of amides is 1. The highest BCUT2D eigenvalue weighted by Gasteiger charge is 2.26. The zero-order valence-electron chi connectivity index (χ0n) is 15.4. The van der Waals surface area contributed by atoms with Crippen LogP contribution in [0.15, 0.2) is 30.5 Å². The molecule has 0 aliphatic carbocycles. The molecule has 1 aromatic carbocycles. The number of carbonyl (C=O) groups excluding carboxylic acids is 1. The third kappa shape index (κ3) is 4.39. The number of halogens is 1. The Morgan fingerprint density at radius 2 is 1.96 bits per heavy atom. The van der Waals surface area contributed by atoms with E-state index in [1.54, 1.807) is 6.20 Å². The smallest absolute Gasteiger partial charge is 0.257 e. The lowest BCUT2D eigenvalue weighted by atomic mass is 10.1. The highest BCUT2D eigenvalue weighted by atomic mass is 35.5. The fraction of sp³-hybridized carbons (Fsp3) is 0.500. The van der Waals surface area contributed by atoms with Gasteiger partial charge in [-0.2, -0.15) is 5.10 Å². The van der Waals surface area contributed by atoms with Gasteiger partial charge in [-0.15, -0.1) is 0 Å². The standard InChI is InChI=1S/C20H26ClN3O2/c1-3-4-11-24-15(2)19(14-22-24)20(25)23-12-9-18(10-13-23)26-17-7-5-16(21)6-8-17/h5-8,14,18H,3-4,9-13H2,1-2H3. The molecule has 1 aliphatic rings. The van der Waals surface area contributed by atoms with Crippen molar-refractivity contribution in [2.45, 2.75) is 52.2 Å². The Labute approximate surface area is 159 Å². The van der Waals surface area contributed by atoms with E-state index in [2.05, 4.69) is 12.0 Å². The molecule has 0 atom stereocenters. The van der Waals surface area contributed by atoms with Crippen LogP contribution in [0.1, 0.15) is 48.7 Å². The Kier molecular flexibility index (Phi) is 6.20. The summed E-state index contributed by atoms with van der Waals surface area (Å²) in [4.78, 5) is 14.7. The minimum atomic E-state index is 0.0789. The third-order valence-corrected chi connectivity index (χ3v) is 5.15. The first-order valence-electron chi connectivity index (χ1n) is 9.32. The second-order valence-electron chi connectivity index (χ2n) is 6.78. The molecule has 1 aromatic heterocycles. The van der Waals surface area contributed by atoms with Gasteiger partial charge in [-0.1, -0.05) is 24.9 Å². The molecule has 26 heavy (non-hydrogen) atoms. The number of likely N-dealkylation sites (tertiary alicyclic amines) is 1. The van der Waals surface area contributed by atoms with Crippen molar-refractivity contribution in [3.63, 3.8) is 0 Å². The van der Waals surface area contributed by atoms with Gasteiger partial charge in [-0.05, 0) is 37.6 Å². The number of aromatic nitrogens is 2. The fourth-order valence-electron chi connectivity index (χ4n) is 3.24. The molecule has 1 aliphatic heterocycles. The maximum atomic E-state index is 12.8. The molecule has 0 radical (unpaired) electrons. The zero-order chi connectivity index (χ0) is 18.5. The summed E-state index contributed by atoms with van der Waals surface area (Å²) < 4.78 is 7.94. The summed E-state index contributed by atoms with van der Waals surface area (Å²) >= 11 is 5.90. The molecule has 0 saturated carbocycles. The van der Waals surface area contributed by atoms with Crippen LogP contribution in [0.2, 0.25) is 5.02 Å². The van der Waals surface area contributed by atoms with Gasteiger partial charge >= 0.3 is 0 Å². The van der Waals surface area contributed by atoms with Crippen LogP contribution in [0.3, 0.4) is 0 Å². The van der Waals surface area contributed by atoms with Crippen molar-refractivity contribution in [3.05, 3.63) is 46.7 Å². The SMILES string of the molecule is CCCCn1ncc(C(=O)N2CCC(Oc3ccc(Cl)cc3)CC2)c1C. The molecule has 5 nitrogen and oxygen atoms in total. The van der Waals surface area contributed by atoms with Gasteiger partial charge in [-0.3, -0.25) is 9.48 Å². The van der Waals surface area contributed by atoms with Gasteiger partial charge < -0.3 is 9.64 Å². The average molecular weight is 376 g/mol. The summed E-state index contributed by atoms with van der Waals surface area (Å²) in [7, 11) is 0. The molecule has 0 spiro atoms. The summed E-state index contributed by atoms with van der Waals surface area (Å²) in [5.74, 6) is 0.905. The van der Waals surface area contributed by atoms with Gasteiger partial charge in [0.2, 0.25) is 0 Å². The maximum Gasteiger partial charge on any atom is 0.257 e. The topological polar surface area (TPSA) is 47.4 Å². The molecule has 1 saturated heterocycles. The predicted molar refractivity (Wildman–Crippen MR) is 103 cm³/mol. The average Bonchev–Trinajstić information content (AvgIpc) is 3.02. The van der Waals surface area contributed by atoms with Crippen LogP contribution in [0, 0.1) is 6.92 Å². The lowest BCUT2D eigenvalue weighted by Gasteiger charge is -2.32. The van der Waals surface area contributed by atoms with Crippen LogP contribution < -0.4 is 4.74 Å². The highest BCUT2D eigenvalue weighted by Crippen LogP contribution is 2.22. The van der Waals surface area contributed by atoms with Crippen molar-refractivity contribution in [1.82, 2.24) is 14.7 Å². The number of ether oxygens (including phenoxy) is 1. The molecule has 1 fully saturated rings. The van der Waals surface area contributed by atoms with Crippen LogP contribution in [0.4, 0.5) is 0 Å². The Hall–Kier alpha value is -2.01. The van der Waals surface area contributed by atoms with Crippen molar-refractivity contribution in [2.75, 3.05) is 13.1 Å². The molecule has 3 rings (SSSR count). The Morgan fingerprint density at radius 3 is 2.62 bits per heavy atom. The Bertz CT molecular complexity index is 734. The largest absolute Gasteiger partial charge is 0.490 e. The molecule has 6 heteroatoms. The Morgan fingerprint density at radius 1 is 1.27 bits per heavy atom. The molecule has 140 valence electrons. The lowest BCUT2D eigenvalue weighted by molar-refractivity contribution is 0.0595. The number of hydrogen-bond donors (Lipinski definition) is 0. The van der Waals surface area contributed by atoms with Gasteiger partial charge in [0.15, 0.2) is 0 Å². The van der Waals surface area contributed by atoms with Crippen molar-refractivity contribution < 1.29 is 9.53 Å². The number of hydrogen-bond acceptors (Lipinski definition) is 3. The third-order valence-electron chi connectivity index (χ3n) is 4.90. The van der Waals surface area contributed by atoms with Crippen LogP contribution in [-0.2, 0) is 6.54 Å². The quantitative estimate of drug-likeness (QED) is 0.755. The van der Waals surface area contributed by atoms with E-state index < -0.39 is 0 Å². The number of aryl methyl sites for hydroxylation is 1. The molecular formula is C20H26ClN3O2. The zero-order valence-corrected chi connectivity index (χ0v) is 16.2. The molecule has 0 bridgehead atoms. The first-order valence-corrected chi connectivity index (χ1v) is 9.70. The molecule has 2 aromatic rings. The number of rotatable bonds is 6. The Balaban J connectivity index is 1.55. The van der Waals surface area contributed by atoms with E-state index in [-0.39, 0.29) is 12.0 Å². The lowest BCUT2D eigenvalue weighted by Crippen LogP contribution is -2.41. The van der Waals surface area contributed by atoms with E-state index in [4.69, 9.17) is 16.3 Å². The summed E-state index contributed by atoms with van der Waals surface area (Å²) in [6.07, 6.45) is 5.69. The van der Waals surface area contributed by atoms with E-state index in [1.807, 2.05) is 40.8 Å². The maximum absolute atomic E-state index is 12.8. The predicted octanol–water partition coefficient (Wildman–Crippen LogP) is 4.33. The van der Waals surface area contributed by atoms with Crippen LogP contribution in [-0.4, -0.2) is 39.8 Å². The highest BCUT2D eigenvalue weighted by molar-refractivity contribution is 6.30. The van der Waals surface area contributed by atoms with Gasteiger partial charge in [-0.25, -0.2) is 0 Å². The first-order chi connectivity index (χ1) is 12.6. The summed E-state index contributed by atoms with van der Waals surface area (Å²) in [6.45, 7) is 6.41. The van der Waals surface area contributed by atoms with Gasteiger partial charge in [0.25, 0.3) is 5.91 Å². The van der Waals surface area contributed by atoms with Gasteiger partial charge in [0.05, 0.1) is 11.8 Å². The van der Waals surface area contributed by atoms with Crippen molar-refractivity contribution >= 4 is 17.5 Å². The van der Waals surface area contributed by atoms with E-state index in [9.17, 15) is 4.79 Å². The second-order valence-corrected chi connectivity index (χ2v) is 7.22. The minimum Gasteiger partial charge on any atom is -0.490 e. The monoisotopic (exact) mass is 375 g/mol. The van der Waals surface area contributed by atoms with Gasteiger partial charge in [0, 0.05) is 43.2 Å². The normalized spacial score (nSPS) is 15.3. The molecule has 0 unspecified atom stereocenters. The second kappa shape index (κ2) is 8.58. The molecule has 2 heterocycles. The van der Waals surface area contributed by atoms with E-state index in [0.717, 1.165) is 49.2 Å². The minimum absolute atomic E-state index is 0.0789. The van der Waals surface area contributed by atoms with Crippen LogP contribution in [0.5, 0.6) is 5.75 Å². The number of carbonyl (C=O) groups is 1. The van der Waals surface area contributed by atoms with E-state index in [0.29, 0.717) is 18.1 Å². The summed E-state index contributed by atoms with van der Waals surface area (Å²) in [5.41, 5.74) is 1.68. The van der Waals surface area contributed by atoms with Crippen molar-refractivity contribution in [3.8, 4) is 5.75 Å². The van der Waals surface area contributed by atoms with E-state index in [1.165, 1.54) is 0 Å². The number of unbranched alkanes of at least 4 members (excludes halogenated alkanes) is 1. The number of nitrogens with zero attached hydrogens (tertiary/aromatic N) is 3. The molecular weight excluding hydrogens is 350 g/mol. The summed E-state index contributed by atoms with van der Waals surface area (Å²) in [5, 5.41) is 5.08. The first kappa shape index (κ1) is 18.8. The van der Waals surface area contributed by atoms with E-state index >= 15 is 0 Å². The number of benzene rings is 1. The van der Waals surface area contributed by atoms with Crippen molar-refractivity contribution in [1.29, 1.82) is 0 Å². The van der Waals surface area contributed by atoms with Crippen LogP contribution in [0.25, 0.3) is 0 Å². The molecule has 1 amide bonds.